The Balaban J connectivity index is 1.84. The van der Waals surface area contributed by atoms with E-state index in [0.717, 1.165) is 53.8 Å². The number of aryl methyl sites for hydroxylation is 1. The summed E-state index contributed by atoms with van der Waals surface area (Å²) >= 11 is 0. The Bertz CT molecular complexity index is 738. The molecule has 1 aromatic heterocycles. The number of aldehydes is 1. The Morgan fingerprint density at radius 2 is 2.00 bits per heavy atom. The minimum absolute atomic E-state index is 0.000141. The van der Waals surface area contributed by atoms with E-state index < -0.39 is 0 Å². The van der Waals surface area contributed by atoms with Crippen LogP contribution in [0, 0.1) is 11.8 Å². The third kappa shape index (κ3) is 3.01. The van der Waals surface area contributed by atoms with E-state index in [-0.39, 0.29) is 5.92 Å². The number of aromatic nitrogens is 1. The van der Waals surface area contributed by atoms with Crippen LogP contribution in [0.4, 0.5) is 0 Å². The summed E-state index contributed by atoms with van der Waals surface area (Å²) in [7, 11) is 1.64. The minimum atomic E-state index is -0.000141. The van der Waals surface area contributed by atoms with Gasteiger partial charge in [0.15, 0.2) is 0 Å². The second-order valence-corrected chi connectivity index (χ2v) is 5.35. The molecule has 22 heavy (non-hydrogen) atoms. The highest BCUT2D eigenvalue weighted by molar-refractivity contribution is 5.63. The maximum absolute atomic E-state index is 11.1. The van der Waals surface area contributed by atoms with Crippen molar-refractivity contribution in [1.29, 1.82) is 0 Å². The van der Waals surface area contributed by atoms with Crippen LogP contribution < -0.4 is 4.74 Å². The van der Waals surface area contributed by atoms with Crippen LogP contribution in [-0.4, -0.2) is 18.4 Å². The lowest BCUT2D eigenvalue weighted by Crippen LogP contribution is -2.12. The first-order valence-electron chi connectivity index (χ1n) is 7.41. The van der Waals surface area contributed by atoms with E-state index in [1.165, 1.54) is 0 Å². The first-order valence-corrected chi connectivity index (χ1v) is 7.41. The largest absolute Gasteiger partial charge is 0.497 e. The molecule has 0 radical (unpaired) electrons. The number of fused-ring (bicyclic) bond motifs is 1. The quantitative estimate of drug-likeness (QED) is 0.630. The van der Waals surface area contributed by atoms with Crippen LogP contribution in [-0.2, 0) is 11.2 Å². The molecular weight excluding hydrogens is 274 g/mol. The number of ether oxygens (including phenoxy) is 1. The molecule has 0 bridgehead atoms. The second kappa shape index (κ2) is 6.44. The molecule has 0 fully saturated rings. The molecule has 0 aliphatic heterocycles. The molecule has 0 N–H and O–H groups in total. The molecule has 2 aromatic rings. The normalized spacial score (nSPS) is 16.1. The number of hydrogen-bond donors (Lipinski definition) is 0. The van der Waals surface area contributed by atoms with Crippen LogP contribution in [0.25, 0.3) is 0 Å². The number of carbonyl (C=O) groups is 1. The lowest BCUT2D eigenvalue weighted by molar-refractivity contribution is -0.109. The summed E-state index contributed by atoms with van der Waals surface area (Å²) in [6.07, 6.45) is 3.90. The molecule has 0 saturated heterocycles. The Labute approximate surface area is 130 Å². The SMILES string of the molecule is COc1ccc(C#Cc2ccc3c(n2)CCCC3C=O)cc1. The minimum Gasteiger partial charge on any atom is -0.497 e. The van der Waals surface area contributed by atoms with Crippen LogP contribution in [0.5, 0.6) is 5.75 Å². The van der Waals surface area contributed by atoms with Gasteiger partial charge in [0.05, 0.1) is 7.11 Å². The van der Waals surface area contributed by atoms with E-state index in [9.17, 15) is 4.79 Å². The van der Waals surface area contributed by atoms with E-state index >= 15 is 0 Å². The molecule has 1 aromatic carbocycles. The van der Waals surface area contributed by atoms with Crippen LogP contribution in [0.15, 0.2) is 36.4 Å². The molecule has 1 unspecified atom stereocenters. The molecule has 1 aliphatic rings. The van der Waals surface area contributed by atoms with E-state index in [2.05, 4.69) is 16.8 Å². The van der Waals surface area contributed by atoms with E-state index in [4.69, 9.17) is 4.74 Å². The highest BCUT2D eigenvalue weighted by Gasteiger charge is 2.20. The van der Waals surface area contributed by atoms with E-state index in [1.807, 2.05) is 36.4 Å². The van der Waals surface area contributed by atoms with Gasteiger partial charge in [-0.15, -0.1) is 0 Å². The van der Waals surface area contributed by atoms with Crippen molar-refractivity contribution in [3.05, 3.63) is 58.9 Å². The molecule has 1 heterocycles. The van der Waals surface area contributed by atoms with Crippen molar-refractivity contribution in [2.45, 2.75) is 25.2 Å². The van der Waals surface area contributed by atoms with Crippen LogP contribution in [0.3, 0.4) is 0 Å². The number of pyridine rings is 1. The van der Waals surface area contributed by atoms with Gasteiger partial charge in [0, 0.05) is 17.2 Å². The number of benzene rings is 1. The van der Waals surface area contributed by atoms with Gasteiger partial charge in [-0.3, -0.25) is 0 Å². The summed E-state index contributed by atoms with van der Waals surface area (Å²) in [6, 6.07) is 11.5. The van der Waals surface area contributed by atoms with Crippen molar-refractivity contribution in [3.63, 3.8) is 0 Å². The van der Waals surface area contributed by atoms with E-state index in [1.54, 1.807) is 7.11 Å². The number of methoxy groups -OCH3 is 1. The fourth-order valence-corrected chi connectivity index (χ4v) is 2.72. The first-order chi connectivity index (χ1) is 10.8. The molecule has 0 amide bonds. The maximum atomic E-state index is 11.1. The van der Waals surface area contributed by atoms with Gasteiger partial charge in [0.1, 0.15) is 17.7 Å². The number of rotatable bonds is 2. The maximum Gasteiger partial charge on any atom is 0.127 e. The number of hydrogen-bond acceptors (Lipinski definition) is 3. The summed E-state index contributed by atoms with van der Waals surface area (Å²) < 4.78 is 5.13. The highest BCUT2D eigenvalue weighted by atomic mass is 16.5. The molecular formula is C19H17NO2. The van der Waals surface area contributed by atoms with Gasteiger partial charge >= 0.3 is 0 Å². The molecule has 3 nitrogen and oxygen atoms in total. The van der Waals surface area contributed by atoms with Crippen molar-refractivity contribution in [2.75, 3.05) is 7.11 Å². The Morgan fingerprint density at radius 1 is 1.18 bits per heavy atom. The molecule has 3 heteroatoms. The number of nitrogens with zero attached hydrogens (tertiary/aromatic N) is 1. The zero-order chi connectivity index (χ0) is 15.4. The predicted octanol–water partition coefficient (Wildman–Crippen LogP) is 3.11. The molecule has 0 saturated carbocycles. The monoisotopic (exact) mass is 291 g/mol. The Morgan fingerprint density at radius 3 is 2.73 bits per heavy atom. The van der Waals surface area contributed by atoms with Gasteiger partial charge in [0.2, 0.25) is 0 Å². The Hall–Kier alpha value is -2.60. The second-order valence-electron chi connectivity index (χ2n) is 5.35. The van der Waals surface area contributed by atoms with Crippen LogP contribution in [0.1, 0.15) is 41.3 Å². The van der Waals surface area contributed by atoms with Gasteiger partial charge in [-0.25, -0.2) is 4.98 Å². The summed E-state index contributed by atoms with van der Waals surface area (Å²) in [5.41, 5.74) is 3.76. The van der Waals surface area contributed by atoms with Gasteiger partial charge in [-0.1, -0.05) is 12.0 Å². The topological polar surface area (TPSA) is 39.2 Å². The smallest absolute Gasteiger partial charge is 0.127 e. The third-order valence-electron chi connectivity index (χ3n) is 3.93. The Kier molecular flexibility index (Phi) is 4.20. The number of carbonyl (C=O) groups excluding carboxylic acids is 1. The standard InChI is InChI=1S/C19H17NO2/c1-22-17-10-6-14(7-11-17)5-8-16-9-12-18-15(13-21)3-2-4-19(18)20-16/h6-7,9-13,15H,2-4H2,1H3. The summed E-state index contributed by atoms with van der Waals surface area (Å²) in [6.45, 7) is 0. The van der Waals surface area contributed by atoms with Gasteiger partial charge < -0.3 is 9.53 Å². The lowest BCUT2D eigenvalue weighted by Gasteiger charge is -2.20. The van der Waals surface area contributed by atoms with E-state index in [0.29, 0.717) is 0 Å². The molecule has 1 aliphatic carbocycles. The average molecular weight is 291 g/mol. The molecule has 3 rings (SSSR count). The summed E-state index contributed by atoms with van der Waals surface area (Å²) in [5, 5.41) is 0. The zero-order valence-electron chi connectivity index (χ0n) is 12.5. The van der Waals surface area contributed by atoms with Crippen molar-refractivity contribution < 1.29 is 9.53 Å². The van der Waals surface area contributed by atoms with Crippen molar-refractivity contribution >= 4 is 6.29 Å². The van der Waals surface area contributed by atoms with Crippen LogP contribution >= 0.6 is 0 Å². The fourth-order valence-electron chi connectivity index (χ4n) is 2.72. The van der Waals surface area contributed by atoms with Crippen molar-refractivity contribution in [3.8, 4) is 17.6 Å². The first kappa shape index (κ1) is 14.3. The predicted molar refractivity (Wildman–Crippen MR) is 85.0 cm³/mol. The molecule has 0 spiro atoms. The van der Waals surface area contributed by atoms with Gasteiger partial charge in [0.25, 0.3) is 0 Å². The fraction of sp³-hybridized carbons (Fsp3) is 0.263. The molecule has 110 valence electrons. The highest BCUT2D eigenvalue weighted by Crippen LogP contribution is 2.28. The summed E-state index contributed by atoms with van der Waals surface area (Å²) in [4.78, 5) is 15.7. The summed E-state index contributed by atoms with van der Waals surface area (Å²) in [5.74, 6) is 7.01. The third-order valence-corrected chi connectivity index (χ3v) is 3.93. The zero-order valence-corrected chi connectivity index (χ0v) is 12.5. The lowest BCUT2D eigenvalue weighted by atomic mass is 9.86. The molecule has 1 atom stereocenters. The van der Waals surface area contributed by atoms with Crippen molar-refractivity contribution in [1.82, 2.24) is 4.98 Å². The van der Waals surface area contributed by atoms with Crippen LogP contribution in [0.2, 0.25) is 0 Å². The van der Waals surface area contributed by atoms with Gasteiger partial charge in [-0.05, 0) is 61.1 Å². The average Bonchev–Trinajstić information content (AvgIpc) is 2.59. The van der Waals surface area contributed by atoms with Gasteiger partial charge in [-0.2, -0.15) is 0 Å². The van der Waals surface area contributed by atoms with Crippen molar-refractivity contribution in [2.24, 2.45) is 0 Å².